The summed E-state index contributed by atoms with van der Waals surface area (Å²) in [6.45, 7) is 5.43. The van der Waals surface area contributed by atoms with Gasteiger partial charge < -0.3 is 10.2 Å². The van der Waals surface area contributed by atoms with Crippen molar-refractivity contribution < 1.29 is 4.39 Å². The molecule has 2 fully saturated rings. The summed E-state index contributed by atoms with van der Waals surface area (Å²) in [6.07, 6.45) is 6.64. The van der Waals surface area contributed by atoms with E-state index in [1.54, 1.807) is 16.8 Å². The number of hydrogen-bond acceptors (Lipinski definition) is 3. The van der Waals surface area contributed by atoms with Gasteiger partial charge in [0.15, 0.2) is 5.96 Å². The van der Waals surface area contributed by atoms with E-state index >= 15 is 0 Å². The number of rotatable bonds is 5. The Morgan fingerprint density at radius 1 is 1.17 bits per heavy atom. The van der Waals surface area contributed by atoms with E-state index in [9.17, 15) is 4.39 Å². The maximum Gasteiger partial charge on any atom is 0.193 e. The van der Waals surface area contributed by atoms with Gasteiger partial charge in [-0.05, 0) is 62.7 Å². The molecule has 1 atom stereocenters. The van der Waals surface area contributed by atoms with Crippen molar-refractivity contribution in [2.75, 3.05) is 39.8 Å². The molecule has 2 saturated heterocycles. The van der Waals surface area contributed by atoms with E-state index in [1.165, 1.54) is 44.5 Å². The lowest BCUT2D eigenvalue weighted by Gasteiger charge is -2.25. The second-order valence-electron chi connectivity index (χ2n) is 7.58. The van der Waals surface area contributed by atoms with E-state index in [1.807, 2.05) is 19.3 Å². The Balaban J connectivity index is 0.00000240. The van der Waals surface area contributed by atoms with Crippen molar-refractivity contribution in [1.29, 1.82) is 0 Å². The van der Waals surface area contributed by atoms with E-state index in [-0.39, 0.29) is 29.8 Å². The summed E-state index contributed by atoms with van der Waals surface area (Å²) in [5.41, 5.74) is 1.87. The smallest absolute Gasteiger partial charge is 0.193 e. The van der Waals surface area contributed by atoms with Gasteiger partial charge >= 0.3 is 0 Å². The Morgan fingerprint density at radius 3 is 2.66 bits per heavy atom. The lowest BCUT2D eigenvalue weighted by molar-refractivity contribution is 0.249. The predicted octanol–water partition coefficient (Wildman–Crippen LogP) is 2.92. The predicted molar refractivity (Wildman–Crippen MR) is 125 cm³/mol. The van der Waals surface area contributed by atoms with Crippen LogP contribution in [0.2, 0.25) is 0 Å². The second-order valence-corrected chi connectivity index (χ2v) is 7.58. The summed E-state index contributed by atoms with van der Waals surface area (Å²) in [6, 6.07) is 9.05. The highest BCUT2D eigenvalue weighted by molar-refractivity contribution is 14.0. The van der Waals surface area contributed by atoms with Crippen LogP contribution >= 0.6 is 24.0 Å². The SMILES string of the molecule is CN=C(NCCc1ccn(-c2ccc(F)cc2)n1)N1CCC(N2CCCC2)C1.I. The molecule has 1 N–H and O–H groups in total. The number of nitrogens with one attached hydrogen (secondary N) is 1. The van der Waals surface area contributed by atoms with Crippen LogP contribution in [0.1, 0.15) is 25.0 Å². The number of halogens is 2. The first kappa shape index (κ1) is 22.0. The molecule has 4 rings (SSSR count). The molecule has 0 spiro atoms. The van der Waals surface area contributed by atoms with Crippen LogP contribution in [0.4, 0.5) is 4.39 Å². The molecule has 0 bridgehead atoms. The van der Waals surface area contributed by atoms with E-state index in [0.29, 0.717) is 6.04 Å². The monoisotopic (exact) mass is 512 g/mol. The minimum absolute atomic E-state index is 0. The molecular weight excluding hydrogens is 482 g/mol. The van der Waals surface area contributed by atoms with Crippen molar-refractivity contribution >= 4 is 29.9 Å². The van der Waals surface area contributed by atoms with Gasteiger partial charge in [-0.3, -0.25) is 9.89 Å². The first-order valence-electron chi connectivity index (χ1n) is 10.2. The van der Waals surface area contributed by atoms with Gasteiger partial charge in [0.05, 0.1) is 11.4 Å². The van der Waals surface area contributed by atoms with Crippen LogP contribution in [0.25, 0.3) is 5.69 Å². The van der Waals surface area contributed by atoms with E-state index < -0.39 is 0 Å². The first-order chi connectivity index (χ1) is 13.7. The molecule has 0 radical (unpaired) electrons. The number of aliphatic imine (C=N–C) groups is 1. The summed E-state index contributed by atoms with van der Waals surface area (Å²) in [5.74, 6) is 0.750. The molecule has 2 aliphatic heterocycles. The Hall–Kier alpha value is -1.68. The highest BCUT2D eigenvalue weighted by Gasteiger charge is 2.30. The van der Waals surface area contributed by atoms with Gasteiger partial charge in [0, 0.05) is 45.3 Å². The minimum Gasteiger partial charge on any atom is -0.356 e. The zero-order valence-electron chi connectivity index (χ0n) is 16.9. The maximum atomic E-state index is 13.1. The maximum absolute atomic E-state index is 13.1. The molecule has 29 heavy (non-hydrogen) atoms. The molecule has 2 aromatic rings. The molecule has 3 heterocycles. The fourth-order valence-corrected chi connectivity index (χ4v) is 4.21. The summed E-state index contributed by atoms with van der Waals surface area (Å²) < 4.78 is 14.9. The molecule has 2 aliphatic rings. The summed E-state index contributed by atoms with van der Waals surface area (Å²) in [4.78, 5) is 9.48. The highest BCUT2D eigenvalue weighted by atomic mass is 127. The molecule has 0 aliphatic carbocycles. The summed E-state index contributed by atoms with van der Waals surface area (Å²) in [7, 11) is 1.86. The van der Waals surface area contributed by atoms with Gasteiger partial charge in [0.1, 0.15) is 5.82 Å². The van der Waals surface area contributed by atoms with Gasteiger partial charge in [-0.15, -0.1) is 24.0 Å². The number of benzene rings is 1. The minimum atomic E-state index is -0.236. The van der Waals surface area contributed by atoms with Gasteiger partial charge in [0.25, 0.3) is 0 Å². The lowest BCUT2D eigenvalue weighted by atomic mass is 10.2. The standard InChI is InChI=1S/C21H29FN6.HI/c1-23-21(27-14-10-20(16-27)26-12-2-3-13-26)24-11-8-18-9-15-28(25-18)19-6-4-17(22)5-7-19;/h4-7,9,15,20H,2-3,8,10-14,16H2,1H3,(H,23,24);1H. The first-order valence-corrected chi connectivity index (χ1v) is 10.2. The molecule has 0 amide bonds. The third-order valence-electron chi connectivity index (χ3n) is 5.73. The number of hydrogen-bond donors (Lipinski definition) is 1. The van der Waals surface area contributed by atoms with Crippen molar-refractivity contribution in [3.05, 3.63) is 48.0 Å². The van der Waals surface area contributed by atoms with Crippen molar-refractivity contribution in [2.24, 2.45) is 4.99 Å². The number of nitrogens with zero attached hydrogens (tertiary/aromatic N) is 5. The van der Waals surface area contributed by atoms with Gasteiger partial charge in [-0.1, -0.05) is 0 Å². The van der Waals surface area contributed by atoms with Gasteiger partial charge in [0.2, 0.25) is 0 Å². The third kappa shape index (κ3) is 5.48. The molecule has 6 nitrogen and oxygen atoms in total. The molecule has 1 aromatic carbocycles. The Kier molecular flexibility index (Phi) is 7.88. The van der Waals surface area contributed by atoms with Crippen molar-refractivity contribution in [1.82, 2.24) is 24.9 Å². The van der Waals surface area contributed by atoms with Crippen LogP contribution in [0.3, 0.4) is 0 Å². The second kappa shape index (κ2) is 10.4. The van der Waals surface area contributed by atoms with Crippen LogP contribution in [0.15, 0.2) is 41.5 Å². The third-order valence-corrected chi connectivity index (χ3v) is 5.73. The molecule has 8 heteroatoms. The summed E-state index contributed by atoms with van der Waals surface area (Å²) in [5, 5.41) is 8.07. The molecule has 158 valence electrons. The fourth-order valence-electron chi connectivity index (χ4n) is 4.21. The number of guanidine groups is 1. The molecule has 0 saturated carbocycles. The summed E-state index contributed by atoms with van der Waals surface area (Å²) >= 11 is 0. The topological polar surface area (TPSA) is 48.7 Å². The van der Waals surface area contributed by atoms with Crippen LogP contribution in [0, 0.1) is 5.82 Å². The zero-order chi connectivity index (χ0) is 19.3. The molecular formula is C21H30FIN6. The molecule has 1 unspecified atom stereocenters. The average Bonchev–Trinajstić information content (AvgIpc) is 3.47. The largest absolute Gasteiger partial charge is 0.356 e. The quantitative estimate of drug-likeness (QED) is 0.381. The highest BCUT2D eigenvalue weighted by Crippen LogP contribution is 2.20. The Morgan fingerprint density at radius 2 is 1.93 bits per heavy atom. The van der Waals surface area contributed by atoms with Crippen LogP contribution < -0.4 is 5.32 Å². The Bertz CT molecular complexity index is 800. The number of likely N-dealkylation sites (tertiary alicyclic amines) is 2. The van der Waals surface area contributed by atoms with Crippen molar-refractivity contribution in [2.45, 2.75) is 31.7 Å². The normalized spacial score (nSPS) is 20.1. The van der Waals surface area contributed by atoms with Crippen molar-refractivity contribution in [3.63, 3.8) is 0 Å². The van der Waals surface area contributed by atoms with Gasteiger partial charge in [-0.25, -0.2) is 9.07 Å². The zero-order valence-corrected chi connectivity index (χ0v) is 19.3. The van der Waals surface area contributed by atoms with Crippen LogP contribution in [0.5, 0.6) is 0 Å². The van der Waals surface area contributed by atoms with Crippen molar-refractivity contribution in [3.8, 4) is 5.69 Å². The van der Waals surface area contributed by atoms with E-state index in [4.69, 9.17) is 0 Å². The fraction of sp³-hybridized carbons (Fsp3) is 0.524. The Labute approximate surface area is 189 Å². The molecule has 1 aromatic heterocycles. The average molecular weight is 512 g/mol. The van der Waals surface area contributed by atoms with E-state index in [0.717, 1.165) is 43.4 Å². The van der Waals surface area contributed by atoms with Crippen LogP contribution in [-0.4, -0.2) is 71.4 Å². The van der Waals surface area contributed by atoms with Gasteiger partial charge in [-0.2, -0.15) is 5.10 Å². The number of aromatic nitrogens is 2. The lowest BCUT2D eigenvalue weighted by Crippen LogP contribution is -2.43. The van der Waals surface area contributed by atoms with Crippen LogP contribution in [-0.2, 0) is 6.42 Å². The van der Waals surface area contributed by atoms with E-state index in [2.05, 4.69) is 25.2 Å².